The second-order valence-electron chi connectivity index (χ2n) is 6.48. The number of carbonyl (C=O) groups excluding carboxylic acids is 2. The first-order valence-corrected chi connectivity index (χ1v) is 7.64. The molecule has 3 atom stereocenters. The van der Waals surface area contributed by atoms with Crippen LogP contribution in [0.1, 0.15) is 46.0 Å². The summed E-state index contributed by atoms with van der Waals surface area (Å²) < 4.78 is 0. The molecule has 6 heteroatoms. The van der Waals surface area contributed by atoms with Crippen molar-refractivity contribution in [2.24, 2.45) is 11.3 Å². The van der Waals surface area contributed by atoms with Gasteiger partial charge in [0.15, 0.2) is 0 Å². The fourth-order valence-electron chi connectivity index (χ4n) is 3.42. The Morgan fingerprint density at radius 2 is 1.95 bits per heavy atom. The highest BCUT2D eigenvalue weighted by atomic mass is 16.4. The molecule has 1 saturated carbocycles. The second kappa shape index (κ2) is 6.03. The van der Waals surface area contributed by atoms with Crippen molar-refractivity contribution in [3.8, 4) is 0 Å². The van der Waals surface area contributed by atoms with Crippen molar-refractivity contribution in [1.29, 1.82) is 0 Å². The minimum Gasteiger partial charge on any atom is -0.481 e. The van der Waals surface area contributed by atoms with Gasteiger partial charge in [-0.25, -0.2) is 0 Å². The number of aliphatic carboxylic acids is 1. The highest BCUT2D eigenvalue weighted by molar-refractivity contribution is 5.83. The van der Waals surface area contributed by atoms with Crippen LogP contribution in [0.25, 0.3) is 0 Å². The van der Waals surface area contributed by atoms with Gasteiger partial charge in [-0.15, -0.1) is 0 Å². The van der Waals surface area contributed by atoms with Crippen LogP contribution in [0.15, 0.2) is 0 Å². The van der Waals surface area contributed by atoms with E-state index in [0.717, 1.165) is 19.3 Å². The van der Waals surface area contributed by atoms with Crippen LogP contribution in [0.5, 0.6) is 0 Å². The zero-order chi connectivity index (χ0) is 15.6. The Labute approximate surface area is 124 Å². The van der Waals surface area contributed by atoms with E-state index in [0.29, 0.717) is 25.9 Å². The van der Waals surface area contributed by atoms with E-state index in [1.807, 2.05) is 0 Å². The van der Waals surface area contributed by atoms with E-state index < -0.39 is 11.4 Å². The number of hydrogen-bond donors (Lipinski definition) is 2. The van der Waals surface area contributed by atoms with Gasteiger partial charge in [-0.2, -0.15) is 0 Å². The lowest BCUT2D eigenvalue weighted by atomic mass is 9.84. The summed E-state index contributed by atoms with van der Waals surface area (Å²) >= 11 is 0. The van der Waals surface area contributed by atoms with Crippen LogP contribution in [-0.2, 0) is 14.4 Å². The van der Waals surface area contributed by atoms with Gasteiger partial charge < -0.3 is 15.3 Å². The van der Waals surface area contributed by atoms with Gasteiger partial charge in [-0.05, 0) is 32.6 Å². The maximum Gasteiger partial charge on any atom is 0.311 e. The van der Waals surface area contributed by atoms with Gasteiger partial charge in [-0.3, -0.25) is 14.4 Å². The number of likely N-dealkylation sites (tertiary alicyclic amines) is 1. The molecule has 2 fully saturated rings. The number of rotatable bonds is 3. The standard InChI is InChI=1S/C15H24N2O4/c1-10(18)17-8-4-5-11(9-17)13(19)16-12-6-3-7-15(12,2)14(20)21/h11-12H,3-9H2,1-2H3,(H,16,19)(H,20,21). The lowest BCUT2D eigenvalue weighted by Gasteiger charge is -2.34. The minimum atomic E-state index is -0.870. The second-order valence-corrected chi connectivity index (χ2v) is 6.48. The van der Waals surface area contributed by atoms with Crippen LogP contribution in [-0.4, -0.2) is 46.9 Å². The molecule has 1 saturated heterocycles. The molecule has 1 aliphatic carbocycles. The van der Waals surface area contributed by atoms with Crippen LogP contribution >= 0.6 is 0 Å². The summed E-state index contributed by atoms with van der Waals surface area (Å²) in [6, 6.07) is -0.310. The number of carboxylic acid groups (broad SMARTS) is 1. The number of nitrogens with one attached hydrogen (secondary N) is 1. The third-order valence-corrected chi connectivity index (χ3v) is 5.00. The van der Waals surface area contributed by atoms with Crippen molar-refractivity contribution in [3.63, 3.8) is 0 Å². The lowest BCUT2D eigenvalue weighted by molar-refractivity contribution is -0.149. The number of carboxylic acids is 1. The smallest absolute Gasteiger partial charge is 0.311 e. The molecule has 118 valence electrons. The minimum absolute atomic E-state index is 0.0104. The molecule has 2 aliphatic rings. The summed E-state index contributed by atoms with van der Waals surface area (Å²) in [4.78, 5) is 36.9. The van der Waals surface area contributed by atoms with Crippen molar-refractivity contribution >= 4 is 17.8 Å². The van der Waals surface area contributed by atoms with E-state index in [4.69, 9.17) is 0 Å². The third kappa shape index (κ3) is 3.19. The van der Waals surface area contributed by atoms with Gasteiger partial charge in [0.05, 0.1) is 11.3 Å². The van der Waals surface area contributed by atoms with Crippen molar-refractivity contribution in [2.75, 3.05) is 13.1 Å². The van der Waals surface area contributed by atoms with E-state index in [-0.39, 0.29) is 23.8 Å². The van der Waals surface area contributed by atoms with E-state index in [1.54, 1.807) is 11.8 Å². The Balaban J connectivity index is 1.98. The number of piperidine rings is 1. The molecule has 0 aromatic carbocycles. The predicted molar refractivity (Wildman–Crippen MR) is 76.5 cm³/mol. The normalized spacial score (nSPS) is 32.8. The van der Waals surface area contributed by atoms with Crippen LogP contribution in [0.4, 0.5) is 0 Å². The molecule has 0 aromatic heterocycles. The summed E-state index contributed by atoms with van der Waals surface area (Å²) in [5.74, 6) is -1.19. The SMILES string of the molecule is CC(=O)N1CCCC(C(=O)NC2CCCC2(C)C(=O)O)C1. The molecule has 21 heavy (non-hydrogen) atoms. The van der Waals surface area contributed by atoms with Gasteiger partial charge in [0.1, 0.15) is 0 Å². The van der Waals surface area contributed by atoms with E-state index in [2.05, 4.69) is 5.32 Å². The largest absolute Gasteiger partial charge is 0.481 e. The van der Waals surface area contributed by atoms with Gasteiger partial charge >= 0.3 is 5.97 Å². The van der Waals surface area contributed by atoms with Gasteiger partial charge in [0.25, 0.3) is 0 Å². The quantitative estimate of drug-likeness (QED) is 0.813. The molecule has 1 heterocycles. The first kappa shape index (κ1) is 15.8. The summed E-state index contributed by atoms with van der Waals surface area (Å²) in [6.45, 7) is 4.36. The van der Waals surface area contributed by atoms with Gasteiger partial charge in [-0.1, -0.05) is 6.42 Å². The average molecular weight is 296 g/mol. The highest BCUT2D eigenvalue weighted by Crippen LogP contribution is 2.38. The van der Waals surface area contributed by atoms with E-state index >= 15 is 0 Å². The Morgan fingerprint density at radius 3 is 2.57 bits per heavy atom. The zero-order valence-corrected chi connectivity index (χ0v) is 12.7. The molecule has 0 bridgehead atoms. The molecule has 2 rings (SSSR count). The van der Waals surface area contributed by atoms with Gasteiger partial charge in [0.2, 0.25) is 11.8 Å². The molecule has 3 unspecified atom stereocenters. The lowest BCUT2D eigenvalue weighted by Crippen LogP contribution is -2.51. The molecule has 6 nitrogen and oxygen atoms in total. The number of carbonyl (C=O) groups is 3. The summed E-state index contributed by atoms with van der Waals surface area (Å²) in [6.07, 6.45) is 3.69. The van der Waals surface area contributed by atoms with Crippen molar-refractivity contribution in [2.45, 2.75) is 52.0 Å². The first-order valence-electron chi connectivity index (χ1n) is 7.64. The fraction of sp³-hybridized carbons (Fsp3) is 0.800. The Morgan fingerprint density at radius 1 is 1.24 bits per heavy atom. The topological polar surface area (TPSA) is 86.7 Å². The van der Waals surface area contributed by atoms with Crippen LogP contribution in [0, 0.1) is 11.3 Å². The maximum absolute atomic E-state index is 12.4. The molecule has 2 N–H and O–H groups in total. The number of amides is 2. The monoisotopic (exact) mass is 296 g/mol. The molecule has 0 radical (unpaired) electrons. The average Bonchev–Trinajstić information content (AvgIpc) is 2.81. The first-order chi connectivity index (χ1) is 9.84. The van der Waals surface area contributed by atoms with Crippen molar-refractivity contribution < 1.29 is 19.5 Å². The molecule has 2 amide bonds. The van der Waals surface area contributed by atoms with Crippen LogP contribution in [0.2, 0.25) is 0 Å². The summed E-state index contributed by atoms with van der Waals surface area (Å²) in [5, 5.41) is 12.3. The molecular weight excluding hydrogens is 272 g/mol. The van der Waals surface area contributed by atoms with Gasteiger partial charge in [0, 0.05) is 26.1 Å². The Kier molecular flexibility index (Phi) is 4.54. The molecule has 1 aliphatic heterocycles. The third-order valence-electron chi connectivity index (χ3n) is 5.00. The molecule has 0 spiro atoms. The van der Waals surface area contributed by atoms with Crippen molar-refractivity contribution in [3.05, 3.63) is 0 Å². The van der Waals surface area contributed by atoms with Crippen molar-refractivity contribution in [1.82, 2.24) is 10.2 Å². The molecular formula is C15H24N2O4. The Hall–Kier alpha value is -1.59. The van der Waals surface area contributed by atoms with E-state index in [9.17, 15) is 19.5 Å². The fourth-order valence-corrected chi connectivity index (χ4v) is 3.42. The summed E-state index contributed by atoms with van der Waals surface area (Å²) in [5.41, 5.74) is -0.870. The molecule has 0 aromatic rings. The van der Waals surface area contributed by atoms with Crippen LogP contribution in [0.3, 0.4) is 0 Å². The van der Waals surface area contributed by atoms with E-state index in [1.165, 1.54) is 6.92 Å². The highest BCUT2D eigenvalue weighted by Gasteiger charge is 2.46. The predicted octanol–water partition coefficient (Wildman–Crippen LogP) is 1.00. The Bertz CT molecular complexity index is 451. The summed E-state index contributed by atoms with van der Waals surface area (Å²) in [7, 11) is 0. The van der Waals surface area contributed by atoms with Crippen LogP contribution < -0.4 is 5.32 Å². The maximum atomic E-state index is 12.4. The zero-order valence-electron chi connectivity index (χ0n) is 12.7. The number of hydrogen-bond acceptors (Lipinski definition) is 3. The number of nitrogens with zero attached hydrogens (tertiary/aromatic N) is 1.